The molecule has 19 heavy (non-hydrogen) atoms. The fourth-order valence-corrected chi connectivity index (χ4v) is 1.54. The summed E-state index contributed by atoms with van der Waals surface area (Å²) in [5.41, 5.74) is 0.217. The minimum atomic E-state index is -0.313. The lowest BCUT2D eigenvalue weighted by Gasteiger charge is -2.08. The minimum Gasteiger partial charge on any atom is -0.507 e. The standard InChI is InChI=1S/C14H21NO4/c1-3-8-19-9-4-7-15-14(17)12-10-11(18-2)5-6-13(12)16/h5-6,10,16H,3-4,7-9H2,1-2H3,(H,15,17). The Balaban J connectivity index is 2.40. The predicted octanol–water partition coefficient (Wildman–Crippen LogP) is 1.95. The highest BCUT2D eigenvalue weighted by Gasteiger charge is 2.11. The van der Waals surface area contributed by atoms with Gasteiger partial charge < -0.3 is 19.9 Å². The molecule has 5 heteroatoms. The Morgan fingerprint density at radius 2 is 2.16 bits per heavy atom. The monoisotopic (exact) mass is 267 g/mol. The van der Waals surface area contributed by atoms with E-state index in [-0.39, 0.29) is 17.2 Å². The molecule has 0 saturated heterocycles. The Bertz CT molecular complexity index is 406. The van der Waals surface area contributed by atoms with Gasteiger partial charge in [0.1, 0.15) is 11.5 Å². The molecule has 0 radical (unpaired) electrons. The van der Waals surface area contributed by atoms with Crippen molar-refractivity contribution < 1.29 is 19.4 Å². The molecular formula is C14H21NO4. The molecule has 0 aliphatic heterocycles. The molecule has 0 atom stereocenters. The zero-order valence-corrected chi connectivity index (χ0v) is 11.4. The first kappa shape index (κ1) is 15.3. The summed E-state index contributed by atoms with van der Waals surface area (Å²) in [6, 6.07) is 4.56. The number of amides is 1. The summed E-state index contributed by atoms with van der Waals surface area (Å²) >= 11 is 0. The Morgan fingerprint density at radius 1 is 1.37 bits per heavy atom. The molecule has 0 fully saturated rings. The van der Waals surface area contributed by atoms with Crippen LogP contribution in [0.2, 0.25) is 0 Å². The Morgan fingerprint density at radius 3 is 2.84 bits per heavy atom. The van der Waals surface area contributed by atoms with E-state index in [0.29, 0.717) is 18.9 Å². The number of aromatic hydroxyl groups is 1. The molecule has 2 N–H and O–H groups in total. The molecule has 5 nitrogen and oxygen atoms in total. The van der Waals surface area contributed by atoms with Crippen molar-refractivity contribution in [3.05, 3.63) is 23.8 Å². The quantitative estimate of drug-likeness (QED) is 0.706. The molecule has 0 aliphatic rings. The van der Waals surface area contributed by atoms with Gasteiger partial charge in [-0.15, -0.1) is 0 Å². The minimum absolute atomic E-state index is 0.0551. The first-order chi connectivity index (χ1) is 9.19. The van der Waals surface area contributed by atoms with Gasteiger partial charge in [-0.05, 0) is 31.0 Å². The van der Waals surface area contributed by atoms with Crippen LogP contribution in [0, 0.1) is 0 Å². The number of hydrogen-bond acceptors (Lipinski definition) is 4. The van der Waals surface area contributed by atoms with Crippen LogP contribution in [0.5, 0.6) is 11.5 Å². The van der Waals surface area contributed by atoms with Gasteiger partial charge in [0.2, 0.25) is 0 Å². The first-order valence-corrected chi connectivity index (χ1v) is 6.42. The lowest BCUT2D eigenvalue weighted by Crippen LogP contribution is -2.25. The van der Waals surface area contributed by atoms with Gasteiger partial charge in [-0.1, -0.05) is 6.92 Å². The van der Waals surface area contributed by atoms with Crippen molar-refractivity contribution >= 4 is 5.91 Å². The van der Waals surface area contributed by atoms with Gasteiger partial charge >= 0.3 is 0 Å². The van der Waals surface area contributed by atoms with Crippen molar-refractivity contribution in [2.45, 2.75) is 19.8 Å². The molecular weight excluding hydrogens is 246 g/mol. The van der Waals surface area contributed by atoms with Gasteiger partial charge in [-0.3, -0.25) is 4.79 Å². The van der Waals surface area contributed by atoms with Crippen LogP contribution in [-0.4, -0.2) is 37.9 Å². The number of carbonyl (C=O) groups excluding carboxylic acids is 1. The molecule has 0 aliphatic carbocycles. The number of nitrogens with one attached hydrogen (secondary N) is 1. The summed E-state index contributed by atoms with van der Waals surface area (Å²) < 4.78 is 10.3. The molecule has 1 aromatic rings. The van der Waals surface area contributed by atoms with E-state index in [2.05, 4.69) is 5.32 Å². The third-order valence-corrected chi connectivity index (χ3v) is 2.55. The smallest absolute Gasteiger partial charge is 0.255 e. The Kier molecular flexibility index (Phi) is 6.74. The second-order valence-corrected chi connectivity index (χ2v) is 4.10. The van der Waals surface area contributed by atoms with E-state index in [9.17, 15) is 9.90 Å². The summed E-state index contributed by atoms with van der Waals surface area (Å²) in [5.74, 6) is 0.168. The van der Waals surface area contributed by atoms with Crippen molar-refractivity contribution in [2.24, 2.45) is 0 Å². The van der Waals surface area contributed by atoms with Crippen LogP contribution >= 0.6 is 0 Å². The fraction of sp³-hybridized carbons (Fsp3) is 0.500. The maximum Gasteiger partial charge on any atom is 0.255 e. The number of benzene rings is 1. The van der Waals surface area contributed by atoms with Gasteiger partial charge in [0.05, 0.1) is 12.7 Å². The van der Waals surface area contributed by atoms with E-state index in [0.717, 1.165) is 19.4 Å². The molecule has 0 aromatic heterocycles. The average Bonchev–Trinajstić information content (AvgIpc) is 2.43. The zero-order chi connectivity index (χ0) is 14.1. The van der Waals surface area contributed by atoms with Gasteiger partial charge in [-0.25, -0.2) is 0 Å². The average molecular weight is 267 g/mol. The molecule has 0 spiro atoms. The number of phenolic OH excluding ortho intramolecular Hbond substituents is 1. The normalized spacial score (nSPS) is 10.2. The van der Waals surface area contributed by atoms with Crippen LogP contribution < -0.4 is 10.1 Å². The Labute approximate surface area is 113 Å². The molecule has 0 heterocycles. The number of hydrogen-bond donors (Lipinski definition) is 2. The van der Waals surface area contributed by atoms with Gasteiger partial charge in [0.15, 0.2) is 0 Å². The molecule has 1 amide bonds. The summed E-state index contributed by atoms with van der Waals surface area (Å²) in [4.78, 5) is 11.9. The van der Waals surface area contributed by atoms with E-state index in [1.54, 1.807) is 6.07 Å². The van der Waals surface area contributed by atoms with Crippen molar-refractivity contribution in [2.75, 3.05) is 26.9 Å². The van der Waals surface area contributed by atoms with E-state index in [1.165, 1.54) is 19.2 Å². The summed E-state index contributed by atoms with van der Waals surface area (Å²) in [7, 11) is 1.51. The SMILES string of the molecule is CCCOCCCNC(=O)c1cc(OC)ccc1O. The van der Waals surface area contributed by atoms with Crippen molar-refractivity contribution in [3.8, 4) is 11.5 Å². The van der Waals surface area contributed by atoms with Crippen LogP contribution in [0.15, 0.2) is 18.2 Å². The van der Waals surface area contributed by atoms with Crippen LogP contribution in [0.1, 0.15) is 30.1 Å². The zero-order valence-electron chi connectivity index (χ0n) is 11.4. The highest BCUT2D eigenvalue weighted by atomic mass is 16.5. The molecule has 1 rings (SSSR count). The lowest BCUT2D eigenvalue weighted by molar-refractivity contribution is 0.0938. The van der Waals surface area contributed by atoms with E-state index in [4.69, 9.17) is 9.47 Å². The molecule has 1 aromatic carbocycles. The topological polar surface area (TPSA) is 67.8 Å². The van der Waals surface area contributed by atoms with E-state index in [1.807, 2.05) is 6.92 Å². The maximum atomic E-state index is 11.9. The largest absolute Gasteiger partial charge is 0.507 e. The van der Waals surface area contributed by atoms with Crippen molar-refractivity contribution in [1.29, 1.82) is 0 Å². The summed E-state index contributed by atoms with van der Waals surface area (Å²) in [5, 5.41) is 12.4. The molecule has 106 valence electrons. The fourth-order valence-electron chi connectivity index (χ4n) is 1.54. The maximum absolute atomic E-state index is 11.9. The van der Waals surface area contributed by atoms with Crippen LogP contribution in [0.4, 0.5) is 0 Å². The van der Waals surface area contributed by atoms with Crippen LogP contribution in [0.25, 0.3) is 0 Å². The molecule has 0 unspecified atom stereocenters. The highest BCUT2D eigenvalue weighted by Crippen LogP contribution is 2.22. The van der Waals surface area contributed by atoms with Gasteiger partial charge in [0.25, 0.3) is 5.91 Å². The van der Waals surface area contributed by atoms with E-state index < -0.39 is 0 Å². The van der Waals surface area contributed by atoms with Crippen LogP contribution in [-0.2, 0) is 4.74 Å². The number of rotatable bonds is 8. The number of phenols is 1. The van der Waals surface area contributed by atoms with Crippen molar-refractivity contribution in [1.82, 2.24) is 5.32 Å². The second-order valence-electron chi connectivity index (χ2n) is 4.10. The molecule has 0 bridgehead atoms. The predicted molar refractivity (Wildman–Crippen MR) is 72.7 cm³/mol. The van der Waals surface area contributed by atoms with Gasteiger partial charge in [0, 0.05) is 19.8 Å². The number of methoxy groups -OCH3 is 1. The van der Waals surface area contributed by atoms with Crippen molar-refractivity contribution in [3.63, 3.8) is 0 Å². The second kappa shape index (κ2) is 8.37. The highest BCUT2D eigenvalue weighted by molar-refractivity contribution is 5.97. The Hall–Kier alpha value is -1.75. The van der Waals surface area contributed by atoms with E-state index >= 15 is 0 Å². The first-order valence-electron chi connectivity index (χ1n) is 6.42. The lowest BCUT2D eigenvalue weighted by atomic mass is 10.1. The van der Waals surface area contributed by atoms with Gasteiger partial charge in [-0.2, -0.15) is 0 Å². The number of ether oxygens (including phenoxy) is 2. The molecule has 0 saturated carbocycles. The third-order valence-electron chi connectivity index (χ3n) is 2.55. The third kappa shape index (κ3) is 5.18. The number of carbonyl (C=O) groups is 1. The van der Waals surface area contributed by atoms with Crippen LogP contribution in [0.3, 0.4) is 0 Å². The summed E-state index contributed by atoms with van der Waals surface area (Å²) in [6.07, 6.45) is 1.74. The summed E-state index contributed by atoms with van der Waals surface area (Å²) in [6.45, 7) is 3.93.